The van der Waals surface area contributed by atoms with Crippen molar-refractivity contribution >= 4 is 12.1 Å². The summed E-state index contributed by atoms with van der Waals surface area (Å²) < 4.78 is 5.91. The molecule has 0 saturated heterocycles. The molecule has 1 aliphatic rings. The molecule has 2 aromatic carbocycles. The molecular formula is C19H22NO2+. The average molecular weight is 296 g/mol. The van der Waals surface area contributed by atoms with Crippen molar-refractivity contribution in [2.24, 2.45) is 0 Å². The molecule has 2 aromatic rings. The van der Waals surface area contributed by atoms with Crippen molar-refractivity contribution in [1.29, 1.82) is 0 Å². The molecule has 0 saturated carbocycles. The van der Waals surface area contributed by atoms with Gasteiger partial charge in [-0.05, 0) is 24.0 Å². The average Bonchev–Trinajstić information content (AvgIpc) is 2.94. The molecule has 3 heteroatoms. The zero-order valence-electron chi connectivity index (χ0n) is 13.2. The monoisotopic (exact) mass is 296 g/mol. The van der Waals surface area contributed by atoms with Gasteiger partial charge in [0.05, 0.1) is 0 Å². The Labute approximate surface area is 131 Å². The number of quaternary nitrogens is 1. The first kappa shape index (κ1) is 14.8. The number of amides is 1. The smallest absolute Gasteiger partial charge is 0.309 e. The summed E-state index contributed by atoms with van der Waals surface area (Å²) in [6.45, 7) is 5.43. The summed E-state index contributed by atoms with van der Waals surface area (Å²) in [5, 5.41) is 0. The molecule has 1 heterocycles. The summed E-state index contributed by atoms with van der Waals surface area (Å²) in [4.78, 5) is 11.8. The van der Waals surface area contributed by atoms with E-state index in [-0.39, 0.29) is 4.48 Å². The van der Waals surface area contributed by atoms with E-state index in [1.807, 2.05) is 24.3 Å². The zero-order chi connectivity index (χ0) is 15.6. The van der Waals surface area contributed by atoms with Crippen LogP contribution in [0.15, 0.2) is 48.5 Å². The van der Waals surface area contributed by atoms with E-state index < -0.39 is 0 Å². The third-order valence-electron chi connectivity index (χ3n) is 4.62. The maximum absolute atomic E-state index is 11.8. The van der Waals surface area contributed by atoms with Gasteiger partial charge < -0.3 is 4.74 Å². The number of para-hydroxylation sites is 2. The van der Waals surface area contributed by atoms with Gasteiger partial charge in [-0.25, -0.2) is 4.79 Å². The fourth-order valence-electron chi connectivity index (χ4n) is 2.97. The number of carbonyl (C=O) groups is 1. The van der Waals surface area contributed by atoms with E-state index in [9.17, 15) is 4.79 Å². The lowest BCUT2D eigenvalue weighted by atomic mass is 9.97. The van der Waals surface area contributed by atoms with Crippen LogP contribution in [0.25, 0.3) is 0 Å². The molecule has 0 radical (unpaired) electrons. The summed E-state index contributed by atoms with van der Waals surface area (Å²) in [7, 11) is 0. The van der Waals surface area contributed by atoms with E-state index in [0.29, 0.717) is 19.2 Å². The Morgan fingerprint density at radius 2 is 1.91 bits per heavy atom. The molecule has 2 atom stereocenters. The van der Waals surface area contributed by atoms with Crippen LogP contribution in [0.2, 0.25) is 0 Å². The maximum atomic E-state index is 11.8. The first-order chi connectivity index (χ1) is 10.7. The lowest BCUT2D eigenvalue weighted by Gasteiger charge is -2.24. The van der Waals surface area contributed by atoms with E-state index >= 15 is 0 Å². The second-order valence-corrected chi connectivity index (χ2v) is 6.09. The van der Waals surface area contributed by atoms with Gasteiger partial charge in [0, 0.05) is 11.6 Å². The van der Waals surface area contributed by atoms with Gasteiger partial charge in [0.1, 0.15) is 6.54 Å². The van der Waals surface area contributed by atoms with E-state index in [4.69, 9.17) is 4.74 Å². The maximum Gasteiger partial charge on any atom is 0.309 e. The van der Waals surface area contributed by atoms with Crippen LogP contribution in [0.1, 0.15) is 37.3 Å². The molecule has 3 nitrogen and oxygen atoms in total. The predicted molar refractivity (Wildman–Crippen MR) is 88.6 cm³/mol. The SMILES string of the molecule is CCC(C)c1ccc(C[N+]2(C=O)COc3ccccc32)cc1. The molecule has 114 valence electrons. The normalized spacial score (nSPS) is 21.0. The van der Waals surface area contributed by atoms with Gasteiger partial charge in [-0.3, -0.25) is 0 Å². The molecular weight excluding hydrogens is 274 g/mol. The van der Waals surface area contributed by atoms with Gasteiger partial charge in [0.15, 0.2) is 11.4 Å². The minimum absolute atomic E-state index is 0.207. The lowest BCUT2D eigenvalue weighted by molar-refractivity contribution is -0.119. The molecule has 0 aliphatic carbocycles. The second kappa shape index (κ2) is 5.93. The van der Waals surface area contributed by atoms with Gasteiger partial charge in [-0.15, -0.1) is 0 Å². The molecule has 2 unspecified atom stereocenters. The van der Waals surface area contributed by atoms with Crippen molar-refractivity contribution in [1.82, 2.24) is 4.48 Å². The minimum Gasteiger partial charge on any atom is -0.438 e. The Balaban J connectivity index is 1.87. The molecule has 0 aromatic heterocycles. The van der Waals surface area contributed by atoms with E-state index in [2.05, 4.69) is 38.1 Å². The summed E-state index contributed by atoms with van der Waals surface area (Å²) in [5.41, 5.74) is 3.45. The number of nitrogens with zero attached hydrogens (tertiary/aromatic N) is 1. The van der Waals surface area contributed by atoms with Crippen molar-refractivity contribution in [3.8, 4) is 5.75 Å². The van der Waals surface area contributed by atoms with Crippen LogP contribution in [-0.2, 0) is 11.3 Å². The second-order valence-electron chi connectivity index (χ2n) is 6.09. The van der Waals surface area contributed by atoms with E-state index in [1.165, 1.54) is 5.56 Å². The summed E-state index contributed by atoms with van der Waals surface area (Å²) >= 11 is 0. The van der Waals surface area contributed by atoms with E-state index in [0.717, 1.165) is 29.8 Å². The van der Waals surface area contributed by atoms with E-state index in [1.54, 1.807) is 0 Å². The topological polar surface area (TPSA) is 26.3 Å². The highest BCUT2D eigenvalue weighted by molar-refractivity contribution is 5.75. The molecule has 1 aliphatic heterocycles. The number of rotatable bonds is 5. The highest BCUT2D eigenvalue weighted by atomic mass is 16.5. The number of hydrogen-bond acceptors (Lipinski definition) is 2. The van der Waals surface area contributed by atoms with Crippen LogP contribution in [0.5, 0.6) is 5.75 Å². The quantitative estimate of drug-likeness (QED) is 0.610. The first-order valence-electron chi connectivity index (χ1n) is 7.83. The van der Waals surface area contributed by atoms with Crippen molar-refractivity contribution in [3.63, 3.8) is 0 Å². The highest BCUT2D eigenvalue weighted by Gasteiger charge is 2.40. The molecule has 0 spiro atoms. The van der Waals surface area contributed by atoms with Gasteiger partial charge in [-0.2, -0.15) is 4.48 Å². The Morgan fingerprint density at radius 3 is 2.59 bits per heavy atom. The fraction of sp³-hybridized carbons (Fsp3) is 0.316. The Morgan fingerprint density at radius 1 is 1.18 bits per heavy atom. The Kier molecular flexibility index (Phi) is 3.99. The molecule has 0 fully saturated rings. The standard InChI is InChI=1S/C19H22NO2/c1-3-15(2)17-10-8-16(9-11-17)12-20(13-21)14-22-19-7-5-4-6-18(19)20/h4-11,13,15H,3,12,14H2,1-2H3/q+1. The zero-order valence-corrected chi connectivity index (χ0v) is 13.2. The Bertz CT molecular complexity index is 665. The molecule has 1 amide bonds. The van der Waals surface area contributed by atoms with Crippen LogP contribution in [-0.4, -0.2) is 13.1 Å². The Hall–Kier alpha value is -2.13. The number of hydrogen-bond donors (Lipinski definition) is 0. The summed E-state index contributed by atoms with van der Waals surface area (Å²) in [5.74, 6) is 1.38. The van der Waals surface area contributed by atoms with Gasteiger partial charge >= 0.3 is 6.41 Å². The fourth-order valence-corrected chi connectivity index (χ4v) is 2.97. The van der Waals surface area contributed by atoms with Gasteiger partial charge in [-0.1, -0.05) is 50.2 Å². The molecule has 0 bridgehead atoms. The van der Waals surface area contributed by atoms with Gasteiger partial charge in [0.2, 0.25) is 6.73 Å². The van der Waals surface area contributed by atoms with Crippen LogP contribution < -0.4 is 9.22 Å². The van der Waals surface area contributed by atoms with Crippen molar-refractivity contribution in [2.45, 2.75) is 32.7 Å². The number of ether oxygens (including phenoxy) is 1. The van der Waals surface area contributed by atoms with Crippen LogP contribution in [0.4, 0.5) is 5.69 Å². The summed E-state index contributed by atoms with van der Waals surface area (Å²) in [6, 6.07) is 16.4. The van der Waals surface area contributed by atoms with Gasteiger partial charge in [0.25, 0.3) is 0 Å². The number of benzene rings is 2. The third-order valence-corrected chi connectivity index (χ3v) is 4.62. The van der Waals surface area contributed by atoms with Crippen LogP contribution in [0.3, 0.4) is 0 Å². The number of carbonyl (C=O) groups excluding carboxylic acids is 1. The third kappa shape index (κ3) is 2.53. The molecule has 22 heavy (non-hydrogen) atoms. The van der Waals surface area contributed by atoms with Crippen LogP contribution >= 0.6 is 0 Å². The predicted octanol–water partition coefficient (Wildman–Crippen LogP) is 4.21. The number of fused-ring (bicyclic) bond motifs is 1. The van der Waals surface area contributed by atoms with Crippen LogP contribution in [0, 0.1) is 0 Å². The molecule has 0 N–H and O–H groups in total. The highest BCUT2D eigenvalue weighted by Crippen LogP contribution is 2.39. The lowest BCUT2D eigenvalue weighted by Crippen LogP contribution is -2.46. The first-order valence-corrected chi connectivity index (χ1v) is 7.83. The largest absolute Gasteiger partial charge is 0.438 e. The minimum atomic E-state index is 0.207. The summed E-state index contributed by atoms with van der Waals surface area (Å²) in [6.07, 6.45) is 2.13. The molecule has 3 rings (SSSR count). The van der Waals surface area contributed by atoms with Crippen molar-refractivity contribution in [3.05, 3.63) is 59.7 Å². The van der Waals surface area contributed by atoms with Crippen molar-refractivity contribution in [2.75, 3.05) is 6.73 Å². The van der Waals surface area contributed by atoms with Crippen molar-refractivity contribution < 1.29 is 9.53 Å².